The fourth-order valence-electron chi connectivity index (χ4n) is 2.34. The van der Waals surface area contributed by atoms with Gasteiger partial charge in [0.2, 0.25) is 0 Å². The van der Waals surface area contributed by atoms with Crippen LogP contribution in [0, 0.1) is 7.14 Å². The van der Waals surface area contributed by atoms with E-state index in [2.05, 4.69) is 45.2 Å². The number of benzene rings is 2. The lowest BCUT2D eigenvalue weighted by molar-refractivity contribution is 0.300. The Balaban J connectivity index is 1.84. The minimum atomic E-state index is -0.0251. The number of hydrogen-bond acceptors (Lipinski definition) is 2. The SMILES string of the molecule is O=c1c(I)c(OCc2ccccc2)c(I)cn1Cc1ccccc1. The highest BCUT2D eigenvalue weighted by molar-refractivity contribution is 14.1. The van der Waals surface area contributed by atoms with Crippen LogP contribution in [0.1, 0.15) is 11.1 Å². The first-order chi connectivity index (χ1) is 11.6. The average Bonchev–Trinajstić information content (AvgIpc) is 2.61. The number of ether oxygens (including phenoxy) is 1. The van der Waals surface area contributed by atoms with Crippen molar-refractivity contribution in [2.24, 2.45) is 0 Å². The molecule has 0 fully saturated rings. The first-order valence-corrected chi connectivity index (χ1v) is 9.60. The summed E-state index contributed by atoms with van der Waals surface area (Å²) in [5.74, 6) is 0.661. The van der Waals surface area contributed by atoms with Crippen LogP contribution in [0.2, 0.25) is 0 Å². The van der Waals surface area contributed by atoms with Gasteiger partial charge in [-0.05, 0) is 56.3 Å². The molecule has 3 aromatic rings. The van der Waals surface area contributed by atoms with Crippen LogP contribution in [-0.4, -0.2) is 4.57 Å². The molecule has 0 saturated carbocycles. The van der Waals surface area contributed by atoms with Crippen molar-refractivity contribution in [1.29, 1.82) is 0 Å². The van der Waals surface area contributed by atoms with Crippen molar-refractivity contribution in [2.45, 2.75) is 13.2 Å². The number of aromatic nitrogens is 1. The van der Waals surface area contributed by atoms with Crippen LogP contribution >= 0.6 is 45.2 Å². The van der Waals surface area contributed by atoms with Gasteiger partial charge in [0.25, 0.3) is 5.56 Å². The first-order valence-electron chi connectivity index (χ1n) is 7.44. The van der Waals surface area contributed by atoms with Crippen molar-refractivity contribution in [1.82, 2.24) is 4.57 Å². The molecule has 0 radical (unpaired) electrons. The summed E-state index contributed by atoms with van der Waals surface area (Å²) in [5.41, 5.74) is 2.16. The fraction of sp³-hybridized carbons (Fsp3) is 0.105. The van der Waals surface area contributed by atoms with E-state index >= 15 is 0 Å². The van der Waals surface area contributed by atoms with Crippen LogP contribution in [0.5, 0.6) is 5.75 Å². The zero-order valence-corrected chi connectivity index (χ0v) is 17.1. The van der Waals surface area contributed by atoms with Crippen molar-refractivity contribution >= 4 is 45.2 Å². The molecule has 0 bridgehead atoms. The highest BCUT2D eigenvalue weighted by atomic mass is 127. The largest absolute Gasteiger partial charge is 0.486 e. The average molecular weight is 543 g/mol. The summed E-state index contributed by atoms with van der Waals surface area (Å²) in [4.78, 5) is 12.6. The Morgan fingerprint density at radius 3 is 2.08 bits per heavy atom. The van der Waals surface area contributed by atoms with Crippen LogP contribution in [0.4, 0.5) is 0 Å². The summed E-state index contributed by atoms with van der Waals surface area (Å²) < 4.78 is 9.19. The third-order valence-electron chi connectivity index (χ3n) is 3.56. The topological polar surface area (TPSA) is 31.2 Å². The predicted molar refractivity (Wildman–Crippen MR) is 112 cm³/mol. The molecule has 3 rings (SSSR count). The molecule has 24 heavy (non-hydrogen) atoms. The van der Waals surface area contributed by atoms with Gasteiger partial charge >= 0.3 is 0 Å². The molecule has 1 heterocycles. The van der Waals surface area contributed by atoms with Crippen molar-refractivity contribution in [3.8, 4) is 5.75 Å². The zero-order chi connectivity index (χ0) is 16.9. The summed E-state index contributed by atoms with van der Waals surface area (Å²) in [5, 5.41) is 0. The van der Waals surface area contributed by atoms with Gasteiger partial charge in [-0.3, -0.25) is 4.79 Å². The van der Waals surface area contributed by atoms with E-state index in [1.807, 2.05) is 66.9 Å². The third kappa shape index (κ3) is 4.18. The zero-order valence-electron chi connectivity index (χ0n) is 12.8. The van der Waals surface area contributed by atoms with E-state index in [-0.39, 0.29) is 5.56 Å². The maximum Gasteiger partial charge on any atom is 0.268 e. The van der Waals surface area contributed by atoms with E-state index < -0.39 is 0 Å². The highest BCUT2D eigenvalue weighted by Crippen LogP contribution is 2.25. The van der Waals surface area contributed by atoms with Gasteiger partial charge in [-0.1, -0.05) is 60.7 Å². The highest BCUT2D eigenvalue weighted by Gasteiger charge is 2.14. The normalized spacial score (nSPS) is 10.6. The Bertz CT molecular complexity index is 877. The minimum absolute atomic E-state index is 0.0251. The van der Waals surface area contributed by atoms with E-state index in [4.69, 9.17) is 4.74 Å². The lowest BCUT2D eigenvalue weighted by Gasteiger charge is -2.13. The molecule has 1 aromatic heterocycles. The van der Waals surface area contributed by atoms with Crippen molar-refractivity contribution in [2.75, 3.05) is 0 Å². The number of rotatable bonds is 5. The predicted octanol–water partition coefficient (Wildman–Crippen LogP) is 4.68. The fourth-order valence-corrected chi connectivity index (χ4v) is 4.38. The van der Waals surface area contributed by atoms with Gasteiger partial charge < -0.3 is 9.30 Å². The third-order valence-corrected chi connectivity index (χ3v) is 5.28. The lowest BCUT2D eigenvalue weighted by atomic mass is 10.2. The van der Waals surface area contributed by atoms with Gasteiger partial charge in [0.05, 0.1) is 10.1 Å². The molecule has 0 spiro atoms. The molecule has 2 aromatic carbocycles. The van der Waals surface area contributed by atoms with Crippen LogP contribution < -0.4 is 10.3 Å². The lowest BCUT2D eigenvalue weighted by Crippen LogP contribution is -2.24. The van der Waals surface area contributed by atoms with Crippen LogP contribution in [0.25, 0.3) is 0 Å². The molecule has 0 aliphatic carbocycles. The Morgan fingerprint density at radius 2 is 1.46 bits per heavy atom. The molecule has 122 valence electrons. The molecular weight excluding hydrogens is 528 g/mol. The maximum atomic E-state index is 12.6. The second-order valence-electron chi connectivity index (χ2n) is 5.31. The summed E-state index contributed by atoms with van der Waals surface area (Å²) >= 11 is 4.30. The second kappa shape index (κ2) is 8.15. The molecule has 0 saturated heterocycles. The smallest absolute Gasteiger partial charge is 0.268 e. The summed E-state index contributed by atoms with van der Waals surface area (Å²) in [6, 6.07) is 19.9. The molecule has 0 aliphatic heterocycles. The maximum absolute atomic E-state index is 12.6. The molecular formula is C19H15I2NO2. The van der Waals surface area contributed by atoms with Gasteiger partial charge in [-0.15, -0.1) is 0 Å². The number of nitrogens with zero attached hydrogens (tertiary/aromatic N) is 1. The summed E-state index contributed by atoms with van der Waals surface area (Å²) in [6.45, 7) is 1.01. The van der Waals surface area contributed by atoms with Crippen LogP contribution in [-0.2, 0) is 13.2 Å². The van der Waals surface area contributed by atoms with Crippen LogP contribution in [0.3, 0.4) is 0 Å². The molecule has 5 heteroatoms. The standard InChI is InChI=1S/C19H15I2NO2/c20-16-12-22(11-14-7-3-1-4-8-14)19(23)17(21)18(16)24-13-15-9-5-2-6-10-15/h1-10,12H,11,13H2. The number of pyridine rings is 1. The number of halogens is 2. The summed E-state index contributed by atoms with van der Waals surface area (Å²) in [6.07, 6.45) is 1.86. The molecule has 0 amide bonds. The van der Waals surface area contributed by atoms with Gasteiger partial charge in [-0.2, -0.15) is 0 Å². The van der Waals surface area contributed by atoms with Crippen molar-refractivity contribution in [3.05, 3.63) is 95.5 Å². The number of hydrogen-bond donors (Lipinski definition) is 0. The molecule has 3 nitrogen and oxygen atoms in total. The van der Waals surface area contributed by atoms with Gasteiger partial charge in [0.15, 0.2) is 5.75 Å². The molecule has 0 N–H and O–H groups in total. The van der Waals surface area contributed by atoms with Gasteiger partial charge in [-0.25, -0.2) is 0 Å². The Kier molecular flexibility index (Phi) is 5.94. The van der Waals surface area contributed by atoms with E-state index in [0.29, 0.717) is 22.5 Å². The molecule has 0 unspecified atom stereocenters. The summed E-state index contributed by atoms with van der Waals surface area (Å²) in [7, 11) is 0. The quantitative estimate of drug-likeness (QED) is 0.438. The first kappa shape index (κ1) is 17.5. The second-order valence-corrected chi connectivity index (χ2v) is 7.55. The Labute approximate surface area is 168 Å². The Hall–Kier alpha value is -1.35. The van der Waals surface area contributed by atoms with E-state index in [1.165, 1.54) is 0 Å². The van der Waals surface area contributed by atoms with Gasteiger partial charge in [0.1, 0.15) is 10.2 Å². The molecule has 0 aliphatic rings. The van der Waals surface area contributed by atoms with E-state index in [1.54, 1.807) is 4.57 Å². The monoisotopic (exact) mass is 543 g/mol. The van der Waals surface area contributed by atoms with Crippen molar-refractivity contribution < 1.29 is 4.74 Å². The minimum Gasteiger partial charge on any atom is -0.486 e. The van der Waals surface area contributed by atoms with E-state index in [9.17, 15) is 4.79 Å². The van der Waals surface area contributed by atoms with Crippen LogP contribution in [0.15, 0.2) is 71.7 Å². The van der Waals surface area contributed by atoms with Gasteiger partial charge in [0, 0.05) is 6.20 Å². The van der Waals surface area contributed by atoms with E-state index in [0.717, 1.165) is 14.7 Å². The van der Waals surface area contributed by atoms with Crippen molar-refractivity contribution in [3.63, 3.8) is 0 Å². The Morgan fingerprint density at radius 1 is 0.875 bits per heavy atom. The molecule has 0 atom stereocenters.